The van der Waals surface area contributed by atoms with Crippen LogP contribution in [-0.4, -0.2) is 47.4 Å². The highest BCUT2D eigenvalue weighted by molar-refractivity contribution is 8.00. The first kappa shape index (κ1) is 26.8. The summed E-state index contributed by atoms with van der Waals surface area (Å²) in [6.45, 7) is 2.85. The molecule has 3 atom stereocenters. The molecule has 0 aliphatic heterocycles. The van der Waals surface area contributed by atoms with Crippen molar-refractivity contribution >= 4 is 38.2 Å². The van der Waals surface area contributed by atoms with E-state index in [0.29, 0.717) is 6.20 Å². The third-order valence-electron chi connectivity index (χ3n) is 4.14. The van der Waals surface area contributed by atoms with E-state index >= 15 is 0 Å². The van der Waals surface area contributed by atoms with Gasteiger partial charge in [-0.1, -0.05) is 10.7 Å². The number of aliphatic hydroxyl groups excluding tert-OH is 1. The molecule has 1 aromatic heterocycles. The maximum Gasteiger partial charge on any atom is 0.519 e. The van der Waals surface area contributed by atoms with Crippen molar-refractivity contribution in [2.45, 2.75) is 42.6 Å². The number of anilines is 3. The summed E-state index contributed by atoms with van der Waals surface area (Å²) in [7, 11) is -7.29. The van der Waals surface area contributed by atoms with E-state index < -0.39 is 55.9 Å². The Balaban J connectivity index is 2.29. The summed E-state index contributed by atoms with van der Waals surface area (Å²) >= 11 is 0. The normalized spacial score (nSPS) is 15.7. The van der Waals surface area contributed by atoms with Crippen molar-refractivity contribution in [2.24, 2.45) is 3.77 Å². The minimum atomic E-state index is -5.66. The first-order chi connectivity index (χ1) is 15.0. The molecule has 0 fully saturated rings. The smallest absolute Gasteiger partial charge is 0.391 e. The second-order valence-electron chi connectivity index (χ2n) is 6.75. The van der Waals surface area contributed by atoms with Gasteiger partial charge >= 0.3 is 21.7 Å². The second kappa shape index (κ2) is 9.80. The highest BCUT2D eigenvalue weighted by atomic mass is 32.3. The predicted molar refractivity (Wildman–Crippen MR) is 110 cm³/mol. The number of benzene rings is 1. The monoisotopic (exact) mass is 519 g/mol. The van der Waals surface area contributed by atoms with E-state index in [0.717, 1.165) is 0 Å². The molecule has 2 aromatic rings. The number of aromatic nitrogens is 2. The van der Waals surface area contributed by atoms with E-state index in [1.165, 1.54) is 44.4 Å². The molecule has 0 saturated heterocycles. The quantitative estimate of drug-likeness (QED) is 0.473. The summed E-state index contributed by atoms with van der Waals surface area (Å²) in [5.74, 6) is -0.785. The maximum atomic E-state index is 13.2. The first-order valence-electron chi connectivity index (χ1n) is 8.97. The van der Waals surface area contributed by atoms with Gasteiger partial charge in [0.1, 0.15) is 11.4 Å². The number of nitrogens with one attached hydrogen (secondary N) is 2. The lowest BCUT2D eigenvalue weighted by Gasteiger charge is -2.20. The van der Waals surface area contributed by atoms with Crippen molar-refractivity contribution in [3.63, 3.8) is 0 Å². The van der Waals surface area contributed by atoms with Crippen LogP contribution in [0.1, 0.15) is 19.4 Å². The van der Waals surface area contributed by atoms with Crippen molar-refractivity contribution < 1.29 is 39.9 Å². The van der Waals surface area contributed by atoms with E-state index in [1.807, 2.05) is 0 Å². The van der Waals surface area contributed by atoms with Gasteiger partial charge < -0.3 is 15.7 Å². The molecule has 2 rings (SSSR count). The Kier molecular flexibility index (Phi) is 7.96. The van der Waals surface area contributed by atoms with Gasteiger partial charge in [0.25, 0.3) is 0 Å². The number of sulfonamides is 1. The Morgan fingerprint density at radius 1 is 1.09 bits per heavy atom. The molecule has 33 heavy (non-hydrogen) atoms. The molecule has 0 aliphatic carbocycles. The summed E-state index contributed by atoms with van der Waals surface area (Å²) < 4.78 is 102. The average molecular weight is 519 g/mol. The summed E-state index contributed by atoms with van der Waals surface area (Å²) in [6.07, 6.45) is -3.98. The SMILES string of the molecule is C[C@@H](O)[C@@H](C)Nc1nc(Nc2ccc(S(C)=NS(=O)(=O)C(F)(F)F)cc2)ncc1C(F)(F)F. The molecule has 0 radical (unpaired) electrons. The molecular formula is C17H19F6N5O3S2. The van der Waals surface area contributed by atoms with E-state index in [4.69, 9.17) is 0 Å². The van der Waals surface area contributed by atoms with Gasteiger partial charge in [-0.25, -0.2) is 4.98 Å². The van der Waals surface area contributed by atoms with Gasteiger partial charge in [0.2, 0.25) is 5.95 Å². The Hall–Kier alpha value is -2.46. The molecule has 16 heteroatoms. The zero-order chi connectivity index (χ0) is 25.2. The number of hydrogen-bond donors (Lipinski definition) is 3. The average Bonchev–Trinajstić information content (AvgIpc) is 2.66. The van der Waals surface area contributed by atoms with Crippen LogP contribution in [0.25, 0.3) is 0 Å². The van der Waals surface area contributed by atoms with E-state index in [-0.39, 0.29) is 16.5 Å². The summed E-state index contributed by atoms with van der Waals surface area (Å²) in [5, 5.41) is 14.7. The lowest BCUT2D eigenvalue weighted by atomic mass is 10.2. The topological polar surface area (TPSA) is 117 Å². The zero-order valence-corrected chi connectivity index (χ0v) is 18.9. The minimum absolute atomic E-state index is 0.176. The Morgan fingerprint density at radius 2 is 1.67 bits per heavy atom. The largest absolute Gasteiger partial charge is 0.519 e. The fourth-order valence-corrected chi connectivity index (χ4v) is 4.58. The van der Waals surface area contributed by atoms with Crippen molar-refractivity contribution in [2.75, 3.05) is 16.9 Å². The molecule has 8 nitrogen and oxygen atoms in total. The van der Waals surface area contributed by atoms with Crippen LogP contribution in [0.4, 0.5) is 43.8 Å². The third-order valence-corrected chi connectivity index (χ3v) is 7.35. The van der Waals surface area contributed by atoms with Gasteiger partial charge in [0, 0.05) is 16.8 Å². The van der Waals surface area contributed by atoms with Crippen LogP contribution in [0, 0.1) is 0 Å². The fraction of sp³-hybridized carbons (Fsp3) is 0.412. The van der Waals surface area contributed by atoms with Crippen LogP contribution in [0.3, 0.4) is 0 Å². The number of nitrogens with zero attached hydrogens (tertiary/aromatic N) is 3. The van der Waals surface area contributed by atoms with E-state index in [9.17, 15) is 39.9 Å². The molecule has 1 unspecified atom stereocenters. The first-order valence-corrected chi connectivity index (χ1v) is 12.0. The molecule has 0 bridgehead atoms. The number of alkyl halides is 6. The fourth-order valence-electron chi connectivity index (χ4n) is 2.19. The highest BCUT2D eigenvalue weighted by Crippen LogP contribution is 2.34. The standard InChI is InChI=1S/C17H19F6N5O3S2/c1-9(10(2)29)25-14-13(16(18,19)20)8-24-15(27-14)26-11-4-6-12(7-5-11)32(3)28-33(30,31)17(21,22)23/h4-10,29H,1-3H3,(H2,24,25,26,27)/t9-,10-,32?/m1/s1. The van der Waals surface area contributed by atoms with Gasteiger partial charge in [-0.2, -0.15) is 39.7 Å². The van der Waals surface area contributed by atoms with Crippen molar-refractivity contribution in [3.05, 3.63) is 36.0 Å². The number of aliphatic hydroxyl groups is 1. The lowest BCUT2D eigenvalue weighted by Crippen LogP contribution is -2.29. The molecule has 0 spiro atoms. The molecule has 184 valence electrons. The van der Waals surface area contributed by atoms with Gasteiger partial charge in [0.15, 0.2) is 0 Å². The molecule has 1 aromatic carbocycles. The molecule has 1 heterocycles. The summed E-state index contributed by atoms with van der Waals surface area (Å²) in [6, 6.07) is 4.55. The van der Waals surface area contributed by atoms with Crippen LogP contribution in [0.5, 0.6) is 0 Å². The van der Waals surface area contributed by atoms with Gasteiger partial charge in [0.05, 0.1) is 12.1 Å². The van der Waals surface area contributed by atoms with E-state index in [1.54, 1.807) is 0 Å². The molecular weight excluding hydrogens is 500 g/mol. The molecule has 0 saturated carbocycles. The van der Waals surface area contributed by atoms with Crippen molar-refractivity contribution in [1.82, 2.24) is 9.97 Å². The Morgan fingerprint density at radius 3 is 2.15 bits per heavy atom. The van der Waals surface area contributed by atoms with Crippen LogP contribution in [0.15, 0.2) is 39.1 Å². The van der Waals surface area contributed by atoms with Gasteiger partial charge in [-0.15, -0.1) is 3.77 Å². The van der Waals surface area contributed by atoms with Gasteiger partial charge in [-0.3, -0.25) is 0 Å². The van der Waals surface area contributed by atoms with Crippen molar-refractivity contribution in [1.29, 1.82) is 0 Å². The number of hydrogen-bond acceptors (Lipinski definition) is 7. The van der Waals surface area contributed by atoms with E-state index in [2.05, 4.69) is 24.4 Å². The number of rotatable bonds is 7. The lowest BCUT2D eigenvalue weighted by molar-refractivity contribution is -0.137. The van der Waals surface area contributed by atoms with Crippen LogP contribution >= 0.6 is 0 Å². The van der Waals surface area contributed by atoms with Crippen molar-refractivity contribution in [3.8, 4) is 0 Å². The third kappa shape index (κ3) is 7.01. The van der Waals surface area contributed by atoms with Crippen LogP contribution < -0.4 is 10.6 Å². The van der Waals surface area contributed by atoms with Crippen LogP contribution in [0.2, 0.25) is 0 Å². The maximum absolute atomic E-state index is 13.2. The molecule has 3 N–H and O–H groups in total. The Labute approximate surface area is 187 Å². The Bertz CT molecular complexity index is 1120. The number of halogens is 6. The second-order valence-corrected chi connectivity index (χ2v) is 10.2. The zero-order valence-electron chi connectivity index (χ0n) is 17.2. The molecule has 0 aliphatic rings. The van der Waals surface area contributed by atoms with Gasteiger partial charge in [-0.05, 0) is 44.4 Å². The molecule has 0 amide bonds. The minimum Gasteiger partial charge on any atom is -0.391 e. The highest BCUT2D eigenvalue weighted by Gasteiger charge is 2.46. The van der Waals surface area contributed by atoms with Crippen LogP contribution in [-0.2, 0) is 26.9 Å². The predicted octanol–water partition coefficient (Wildman–Crippen LogP) is 4.06. The summed E-state index contributed by atoms with van der Waals surface area (Å²) in [4.78, 5) is 7.60. The summed E-state index contributed by atoms with van der Waals surface area (Å²) in [5.41, 5.74) is -6.38.